The second-order valence-corrected chi connectivity index (χ2v) is 1.39. The SMILES string of the molecule is [CH2+]C[C+](C[CH2-])C[O-]. The highest BCUT2D eigenvalue weighted by Crippen LogP contribution is 2.04. The molecule has 0 aliphatic heterocycles. The van der Waals surface area contributed by atoms with Crippen LogP contribution in [0.4, 0.5) is 0 Å². The van der Waals surface area contributed by atoms with Gasteiger partial charge in [0, 0.05) is 6.61 Å². The molecule has 7 heavy (non-hydrogen) atoms. The third kappa shape index (κ3) is 2.40. The van der Waals surface area contributed by atoms with Crippen LogP contribution in [-0.2, 0) is 0 Å². The highest BCUT2D eigenvalue weighted by atomic mass is 16.3. The van der Waals surface area contributed by atoms with Gasteiger partial charge < -0.3 is 5.11 Å². The quantitative estimate of drug-likeness (QED) is 0.468. The van der Waals surface area contributed by atoms with Crippen molar-refractivity contribution in [2.45, 2.75) is 12.8 Å². The molecule has 0 amide bonds. The second kappa shape index (κ2) is 3.88. The van der Waals surface area contributed by atoms with Gasteiger partial charge in [-0.3, -0.25) is 6.92 Å². The Balaban J connectivity index is 2.99. The molecule has 0 unspecified atom stereocenters. The summed E-state index contributed by atoms with van der Waals surface area (Å²) >= 11 is 0. The Morgan fingerprint density at radius 1 is 1.71 bits per heavy atom. The van der Waals surface area contributed by atoms with Crippen molar-refractivity contribution >= 4 is 0 Å². The van der Waals surface area contributed by atoms with Gasteiger partial charge in [-0.05, 0) is 6.42 Å². The summed E-state index contributed by atoms with van der Waals surface area (Å²) in [5.41, 5.74) is 0. The minimum absolute atomic E-state index is 0.104. The summed E-state index contributed by atoms with van der Waals surface area (Å²) in [5.74, 6) is 0.903. The molecule has 0 aromatic heterocycles. The van der Waals surface area contributed by atoms with Gasteiger partial charge in [0.15, 0.2) is 0 Å². The fraction of sp³-hybridized carbons (Fsp3) is 0.500. The van der Waals surface area contributed by atoms with Crippen LogP contribution < -0.4 is 5.11 Å². The Morgan fingerprint density at radius 3 is 2.29 bits per heavy atom. The predicted molar refractivity (Wildman–Crippen MR) is 28.1 cm³/mol. The monoisotopic (exact) mass is 98.1 g/mol. The van der Waals surface area contributed by atoms with Gasteiger partial charge in [-0.15, -0.1) is 0 Å². The summed E-state index contributed by atoms with van der Waals surface area (Å²) in [6.45, 7) is 7.00. The first kappa shape index (κ1) is 6.70. The van der Waals surface area contributed by atoms with Crippen molar-refractivity contribution in [2.75, 3.05) is 6.61 Å². The Kier molecular flexibility index (Phi) is 3.71. The molecule has 0 atom stereocenters. The van der Waals surface area contributed by atoms with Gasteiger partial charge in [-0.2, -0.15) is 0 Å². The van der Waals surface area contributed by atoms with Gasteiger partial charge in [0.1, 0.15) is 6.92 Å². The average Bonchev–Trinajstić information content (AvgIpc) is 1.72. The number of hydrogen-bond acceptors (Lipinski definition) is 1. The standard InChI is InChI=1S/C6H10O/c1-3-6(4-2)5-7/h1-5H2. The Labute approximate surface area is 45.4 Å². The summed E-state index contributed by atoms with van der Waals surface area (Å²) in [6, 6.07) is 0. The van der Waals surface area contributed by atoms with Crippen LogP contribution in [0.5, 0.6) is 0 Å². The van der Waals surface area contributed by atoms with E-state index >= 15 is 0 Å². The maximum Gasteiger partial charge on any atom is 0.213 e. The molecule has 40 valence electrons. The molecule has 0 heterocycles. The van der Waals surface area contributed by atoms with E-state index in [2.05, 4.69) is 13.8 Å². The first-order valence-corrected chi connectivity index (χ1v) is 2.35. The molecule has 0 fully saturated rings. The summed E-state index contributed by atoms with van der Waals surface area (Å²) in [6.07, 6.45) is 1.29. The van der Waals surface area contributed by atoms with Crippen LogP contribution in [0.1, 0.15) is 12.8 Å². The van der Waals surface area contributed by atoms with E-state index in [1.54, 1.807) is 0 Å². The van der Waals surface area contributed by atoms with E-state index in [0.29, 0.717) is 12.8 Å². The molecule has 0 aliphatic carbocycles. The second-order valence-electron chi connectivity index (χ2n) is 1.39. The molecule has 1 nitrogen and oxygen atoms in total. The molecule has 0 rings (SSSR count). The third-order valence-corrected chi connectivity index (χ3v) is 0.911. The van der Waals surface area contributed by atoms with Crippen molar-refractivity contribution in [1.82, 2.24) is 0 Å². The maximum atomic E-state index is 9.98. The zero-order valence-corrected chi connectivity index (χ0v) is 4.44. The molecule has 0 N–H and O–H groups in total. The first-order valence-electron chi connectivity index (χ1n) is 2.35. The lowest BCUT2D eigenvalue weighted by atomic mass is 10.1. The Bertz CT molecular complexity index is 25.7. The lowest BCUT2D eigenvalue weighted by molar-refractivity contribution is -0.362. The molecular formula is C6H10O. The summed E-state index contributed by atoms with van der Waals surface area (Å²) in [7, 11) is 0. The van der Waals surface area contributed by atoms with Crippen LogP contribution in [-0.4, -0.2) is 6.61 Å². The molecule has 0 radical (unpaired) electrons. The zero-order valence-electron chi connectivity index (χ0n) is 4.44. The lowest BCUT2D eigenvalue weighted by Gasteiger charge is -2.02. The van der Waals surface area contributed by atoms with Gasteiger partial charge in [-0.25, -0.2) is 0 Å². The third-order valence-electron chi connectivity index (χ3n) is 0.911. The summed E-state index contributed by atoms with van der Waals surface area (Å²) < 4.78 is 0. The Morgan fingerprint density at radius 2 is 2.29 bits per heavy atom. The molecule has 1 heteroatoms. The van der Waals surface area contributed by atoms with Crippen molar-refractivity contribution in [3.8, 4) is 0 Å². The van der Waals surface area contributed by atoms with Crippen LogP contribution in [0.2, 0.25) is 0 Å². The van der Waals surface area contributed by atoms with Crippen LogP contribution in [0.3, 0.4) is 0 Å². The highest BCUT2D eigenvalue weighted by molar-refractivity contribution is 4.89. The minimum Gasteiger partial charge on any atom is -0.818 e. The van der Waals surface area contributed by atoms with Crippen molar-refractivity contribution in [3.05, 3.63) is 19.8 Å². The first-order chi connectivity index (χ1) is 3.35. The van der Waals surface area contributed by atoms with Gasteiger partial charge >= 0.3 is 0 Å². The number of rotatable bonds is 3. The van der Waals surface area contributed by atoms with Crippen molar-refractivity contribution in [3.63, 3.8) is 0 Å². The van der Waals surface area contributed by atoms with E-state index in [0.717, 1.165) is 5.92 Å². The largest absolute Gasteiger partial charge is 0.818 e. The fourth-order valence-corrected chi connectivity index (χ4v) is 0.269. The van der Waals surface area contributed by atoms with Gasteiger partial charge in [0.25, 0.3) is 0 Å². The van der Waals surface area contributed by atoms with E-state index in [9.17, 15) is 5.11 Å². The average molecular weight is 98.1 g/mol. The Hall–Kier alpha value is -0.300. The maximum absolute atomic E-state index is 9.98. The number of hydrogen-bond donors (Lipinski definition) is 0. The highest BCUT2D eigenvalue weighted by Gasteiger charge is 2.05. The van der Waals surface area contributed by atoms with Crippen molar-refractivity contribution in [1.29, 1.82) is 0 Å². The fourth-order valence-electron chi connectivity index (χ4n) is 0.269. The van der Waals surface area contributed by atoms with Crippen LogP contribution in [0.25, 0.3) is 0 Å². The van der Waals surface area contributed by atoms with Gasteiger partial charge in [-0.1, -0.05) is 0 Å². The van der Waals surface area contributed by atoms with Crippen LogP contribution in [0.15, 0.2) is 0 Å². The molecular weight excluding hydrogens is 88.1 g/mol. The molecule has 0 saturated carbocycles. The van der Waals surface area contributed by atoms with Crippen molar-refractivity contribution < 1.29 is 5.11 Å². The topological polar surface area (TPSA) is 23.1 Å². The summed E-state index contributed by atoms with van der Waals surface area (Å²) in [4.78, 5) is 0. The molecule has 0 spiro atoms. The van der Waals surface area contributed by atoms with E-state index in [1.807, 2.05) is 0 Å². The van der Waals surface area contributed by atoms with Crippen LogP contribution >= 0.6 is 0 Å². The van der Waals surface area contributed by atoms with Crippen molar-refractivity contribution in [2.24, 2.45) is 0 Å². The van der Waals surface area contributed by atoms with Crippen LogP contribution in [0, 0.1) is 19.8 Å². The zero-order chi connectivity index (χ0) is 5.70. The van der Waals surface area contributed by atoms with E-state index < -0.39 is 0 Å². The van der Waals surface area contributed by atoms with E-state index in [4.69, 9.17) is 0 Å². The lowest BCUT2D eigenvalue weighted by Crippen LogP contribution is -2.14. The molecule has 0 saturated heterocycles. The molecule has 0 aliphatic rings. The van der Waals surface area contributed by atoms with E-state index in [1.165, 1.54) is 0 Å². The normalized spacial score (nSPS) is 8.86. The molecule has 0 bridgehead atoms. The molecule has 0 aromatic rings. The van der Waals surface area contributed by atoms with Gasteiger partial charge in [0.2, 0.25) is 6.42 Å². The molecule has 0 aromatic carbocycles. The van der Waals surface area contributed by atoms with E-state index in [-0.39, 0.29) is 6.61 Å². The predicted octanol–water partition coefficient (Wildman–Crippen LogP) is 0.370. The smallest absolute Gasteiger partial charge is 0.213 e. The summed E-state index contributed by atoms with van der Waals surface area (Å²) in [5, 5.41) is 9.98. The minimum atomic E-state index is -0.104. The van der Waals surface area contributed by atoms with Gasteiger partial charge in [0.05, 0.1) is 5.92 Å².